The van der Waals surface area contributed by atoms with Gasteiger partial charge >= 0.3 is 12.4 Å². The number of aromatic amines is 1. The predicted molar refractivity (Wildman–Crippen MR) is 254 cm³/mol. The molecule has 388 valence electrons. The average Bonchev–Trinajstić information content (AvgIpc) is 4.09. The number of β-amino-alcohol motifs (C(OH)–C–C–N with tert-alkyl or cyclic N) is 1. The number of nitrogens with zero attached hydrogens (tertiary/aromatic N) is 7. The van der Waals surface area contributed by atoms with Crippen LogP contribution in [0.3, 0.4) is 0 Å². The molecule has 0 spiro atoms. The van der Waals surface area contributed by atoms with Gasteiger partial charge in [0.2, 0.25) is 11.8 Å². The van der Waals surface area contributed by atoms with E-state index in [0.29, 0.717) is 35.0 Å². The molecule has 5 heterocycles. The zero-order valence-corrected chi connectivity index (χ0v) is 41.5. The lowest BCUT2D eigenvalue weighted by molar-refractivity contribution is -0.141. The van der Waals surface area contributed by atoms with Crippen LogP contribution >= 0.6 is 23.6 Å². The van der Waals surface area contributed by atoms with E-state index in [4.69, 9.17) is 31.9 Å². The van der Waals surface area contributed by atoms with Gasteiger partial charge in [0, 0.05) is 37.4 Å². The van der Waals surface area contributed by atoms with Gasteiger partial charge in [0.05, 0.1) is 69.6 Å². The minimum Gasteiger partial charge on any atom is -0.494 e. The number of imidazole rings is 1. The number of thiocarbonyl (C=S) groups is 1. The number of ether oxygens (including phenoxy) is 2. The van der Waals surface area contributed by atoms with Crippen LogP contribution < -0.4 is 19.9 Å². The number of likely N-dealkylation sites (tertiary alicyclic amines) is 1. The van der Waals surface area contributed by atoms with E-state index in [-0.39, 0.29) is 44.0 Å². The number of pyridine rings is 1. The van der Waals surface area contributed by atoms with Crippen molar-refractivity contribution < 1.29 is 64.1 Å². The van der Waals surface area contributed by atoms with E-state index < -0.39 is 116 Å². The maximum atomic E-state index is 15.9. The first-order valence-corrected chi connectivity index (χ1v) is 23.7. The van der Waals surface area contributed by atoms with Crippen molar-refractivity contribution in [3.63, 3.8) is 0 Å². The highest BCUT2D eigenvalue weighted by Gasteiger charge is 2.52. The third kappa shape index (κ3) is 11.2. The van der Waals surface area contributed by atoms with Crippen LogP contribution in [0.15, 0.2) is 54.3 Å². The van der Waals surface area contributed by atoms with Gasteiger partial charge in [-0.3, -0.25) is 24.3 Å². The predicted octanol–water partition coefficient (Wildman–Crippen LogP) is 9.05. The van der Waals surface area contributed by atoms with Crippen LogP contribution in [0.2, 0.25) is 0 Å². The van der Waals surface area contributed by atoms with Gasteiger partial charge in [0.25, 0.3) is 5.91 Å². The van der Waals surface area contributed by atoms with Crippen molar-refractivity contribution >= 4 is 57.8 Å². The molecule has 0 saturated carbocycles. The molecule has 25 heteroatoms. The Morgan fingerprint density at radius 1 is 1.05 bits per heavy atom. The number of amides is 3. The number of rotatable bonds is 15. The fourth-order valence-electron chi connectivity index (χ4n) is 8.52. The number of anilines is 2. The van der Waals surface area contributed by atoms with Gasteiger partial charge in [0.1, 0.15) is 46.7 Å². The molecule has 0 unspecified atom stereocenters. The lowest BCUT2D eigenvalue weighted by Crippen LogP contribution is -2.55. The van der Waals surface area contributed by atoms with Gasteiger partial charge in [-0.25, -0.2) is 18.7 Å². The topological polar surface area (TPSA) is 190 Å². The summed E-state index contributed by atoms with van der Waals surface area (Å²) in [7, 11) is 0. The summed E-state index contributed by atoms with van der Waals surface area (Å²) in [5.74, 6) is -5.02. The number of aliphatic hydroxyl groups excluding tert-OH is 1. The number of aromatic nitrogens is 4. The number of H-pyrrole nitrogens is 1. The molecule has 15 nitrogen and oxygen atoms in total. The summed E-state index contributed by atoms with van der Waals surface area (Å²) in [6, 6.07) is 4.61. The minimum absolute atomic E-state index is 0.0320. The summed E-state index contributed by atoms with van der Waals surface area (Å²) in [5, 5.41) is 21.9. The molecular weight excluding hydrogens is 1010 g/mol. The van der Waals surface area contributed by atoms with Crippen molar-refractivity contribution in [2.45, 2.75) is 96.9 Å². The Bertz CT molecular complexity index is 2980. The maximum absolute atomic E-state index is 15.9. The quantitative estimate of drug-likeness (QED) is 0.0513. The Morgan fingerprint density at radius 2 is 1.77 bits per heavy atom. The van der Waals surface area contributed by atoms with Crippen LogP contribution in [0.5, 0.6) is 5.75 Å². The normalized spacial score (nSPS) is 17.6. The monoisotopic (exact) mass is 1060 g/mol. The average molecular weight is 1060 g/mol. The van der Waals surface area contributed by atoms with Crippen molar-refractivity contribution in [2.75, 3.05) is 36.2 Å². The zero-order chi connectivity index (χ0) is 53.5. The summed E-state index contributed by atoms with van der Waals surface area (Å²) in [4.78, 5) is 60.5. The van der Waals surface area contributed by atoms with E-state index in [2.05, 4.69) is 20.3 Å². The molecular formula is C48H47F8N9O6S2. The highest BCUT2D eigenvalue weighted by atomic mass is 32.1. The van der Waals surface area contributed by atoms with Gasteiger partial charge in [0.15, 0.2) is 16.7 Å². The smallest absolute Gasteiger partial charge is 0.420 e. The number of alkyl halides is 6. The third-order valence-corrected chi connectivity index (χ3v) is 13.4. The Balaban J connectivity index is 0.942. The molecule has 0 radical (unpaired) electrons. The first-order valence-electron chi connectivity index (χ1n) is 22.4. The van der Waals surface area contributed by atoms with Crippen LogP contribution in [0.25, 0.3) is 21.8 Å². The van der Waals surface area contributed by atoms with Gasteiger partial charge in [-0.15, -0.1) is 11.3 Å². The molecule has 7 rings (SSSR count). The van der Waals surface area contributed by atoms with Crippen LogP contribution in [-0.4, -0.2) is 96.8 Å². The number of carbonyl (C=O) groups is 3. The number of halogens is 8. The fraction of sp³-hybridized carbons (Fsp3) is 0.417. The number of unbranched alkanes of at least 4 members (excludes halogenated alkanes) is 1. The molecule has 73 heavy (non-hydrogen) atoms. The Kier molecular flexibility index (Phi) is 15.4. The Labute approximate surface area is 422 Å². The highest BCUT2D eigenvalue weighted by Crippen LogP contribution is 2.44. The van der Waals surface area contributed by atoms with Crippen molar-refractivity contribution in [3.8, 4) is 33.6 Å². The van der Waals surface area contributed by atoms with Crippen molar-refractivity contribution in [3.05, 3.63) is 94.1 Å². The first kappa shape index (κ1) is 54.2. The van der Waals surface area contributed by atoms with Gasteiger partial charge in [-0.2, -0.15) is 31.6 Å². The molecule has 3 atom stereocenters. The van der Waals surface area contributed by atoms with Gasteiger partial charge in [-0.05, 0) is 81.6 Å². The van der Waals surface area contributed by atoms with Crippen molar-refractivity contribution in [1.82, 2.24) is 30.2 Å². The number of nitrogens with one attached hydrogen (secondary N) is 2. The van der Waals surface area contributed by atoms with E-state index in [1.165, 1.54) is 42.2 Å². The zero-order valence-electron chi connectivity index (χ0n) is 39.8. The number of aliphatic hydroxyl groups is 1. The summed E-state index contributed by atoms with van der Waals surface area (Å²) in [6.45, 7) is 9.33. The number of carbonyl (C=O) groups excluding carboxylic acids is 3. The summed E-state index contributed by atoms with van der Waals surface area (Å²) in [5.41, 5.74) is -6.35. The largest absolute Gasteiger partial charge is 0.494 e. The molecule has 5 aromatic rings. The Morgan fingerprint density at radius 3 is 2.40 bits per heavy atom. The van der Waals surface area contributed by atoms with Crippen LogP contribution in [0.4, 0.5) is 46.5 Å². The Hall–Kier alpha value is -6.62. The molecule has 2 saturated heterocycles. The van der Waals surface area contributed by atoms with Gasteiger partial charge < -0.3 is 34.7 Å². The number of nitriles is 1. The molecule has 3 aromatic heterocycles. The summed E-state index contributed by atoms with van der Waals surface area (Å²) >= 11 is 6.80. The fourth-order valence-corrected chi connectivity index (χ4v) is 9.80. The van der Waals surface area contributed by atoms with Crippen molar-refractivity contribution in [1.29, 1.82) is 5.26 Å². The van der Waals surface area contributed by atoms with E-state index >= 15 is 8.78 Å². The maximum Gasteiger partial charge on any atom is 0.420 e. The second-order valence-electron chi connectivity index (χ2n) is 18.8. The highest BCUT2D eigenvalue weighted by molar-refractivity contribution is 7.81. The molecule has 2 aliphatic heterocycles. The van der Waals surface area contributed by atoms with E-state index in [1.807, 2.05) is 6.92 Å². The molecule has 3 N–H and O–H groups in total. The second-order valence-corrected chi connectivity index (χ2v) is 20.0. The number of benzene rings is 2. The SMILES string of the molecule is Cc1ncsc1-c1c[nH]c([C@@H]2C[C@@H](O)CN2C(=O)[C@@H](NC(=O)COCCCCOc2ccc(-c3ncc(N4C(=S)N(c5ccc(C#N)c(C(F)(F)F)c5F)C(=O)C4(C)C)cc3F)c(C(F)(F)F)c2)C(C)(C)C)n1. The molecule has 2 fully saturated rings. The van der Waals surface area contributed by atoms with Crippen LogP contribution in [-0.2, 0) is 31.5 Å². The van der Waals surface area contributed by atoms with E-state index in [1.54, 1.807) is 32.5 Å². The minimum atomic E-state index is -5.33. The molecule has 0 aliphatic carbocycles. The summed E-state index contributed by atoms with van der Waals surface area (Å²) < 4.78 is 127. The second kappa shape index (κ2) is 20.7. The lowest BCUT2D eigenvalue weighted by atomic mass is 9.85. The number of hydrogen-bond donors (Lipinski definition) is 3. The standard InChI is InChI=1S/C48H47F8N9O6S2/c1-24-39(73-23-60-24)32-20-59-41(61-32)34-16-27(66)21-63(34)42(68)40(45(2,3)4)62-35(67)22-70-13-7-8-14-71-28-10-11-29(30(17-28)47(51,52)53)38-31(49)15-26(19-58-38)65-44(72)64(43(69)46(65,5)6)33-12-9-25(18-57)36(37(33)50)48(54,55)56/h9-12,15,17,19-20,23,27,34,40,66H,7-8,13-14,16,21-22H2,1-6H3,(H,59,61)(H,62,67)/t27-,34+,40-/m1/s1. The number of hydrogen-bond acceptors (Lipinski definition) is 12. The summed E-state index contributed by atoms with van der Waals surface area (Å²) in [6.07, 6.45) is -7.74. The first-order chi connectivity index (χ1) is 34.1. The third-order valence-electron chi connectivity index (χ3n) is 12.1. The molecule has 2 aromatic carbocycles. The number of thiazole rings is 1. The molecule has 3 amide bonds. The number of aryl methyl sites for hydroxylation is 1. The molecule has 0 bridgehead atoms. The van der Waals surface area contributed by atoms with Crippen LogP contribution in [0, 0.1) is 35.3 Å². The van der Waals surface area contributed by atoms with Gasteiger partial charge in [-0.1, -0.05) is 20.8 Å². The van der Waals surface area contributed by atoms with E-state index in [9.17, 15) is 45.8 Å². The molecule has 2 aliphatic rings. The van der Waals surface area contributed by atoms with Crippen molar-refractivity contribution in [2.24, 2.45) is 5.41 Å². The van der Waals surface area contributed by atoms with Crippen LogP contribution in [0.1, 0.15) is 88.1 Å². The van der Waals surface area contributed by atoms with E-state index in [0.717, 1.165) is 39.9 Å². The lowest BCUT2D eigenvalue weighted by Gasteiger charge is -2.35.